The number of carbonyl (C=O) groups excluding carboxylic acids is 2. The molecule has 1 atom stereocenters. The number of carbonyl (C=O) groups is 2. The molecule has 1 aromatic heterocycles. The van der Waals surface area contributed by atoms with Crippen LogP contribution in [-0.2, 0) is 25.7 Å². The second-order valence-electron chi connectivity index (χ2n) is 8.94. The van der Waals surface area contributed by atoms with Gasteiger partial charge in [0.1, 0.15) is 12.4 Å². The van der Waals surface area contributed by atoms with Crippen LogP contribution in [0, 0.1) is 5.92 Å². The van der Waals surface area contributed by atoms with E-state index in [9.17, 15) is 9.59 Å². The lowest BCUT2D eigenvalue weighted by molar-refractivity contribution is -0.240. The van der Waals surface area contributed by atoms with Crippen LogP contribution in [0.3, 0.4) is 0 Å². The van der Waals surface area contributed by atoms with Crippen LogP contribution < -0.4 is 4.74 Å². The molecular formula is C28H24ClNO5. The van der Waals surface area contributed by atoms with Crippen LogP contribution in [0.5, 0.6) is 5.75 Å². The molecule has 1 saturated heterocycles. The zero-order valence-electron chi connectivity index (χ0n) is 19.3. The maximum Gasteiger partial charge on any atom is 0.324 e. The van der Waals surface area contributed by atoms with Gasteiger partial charge in [0.25, 0.3) is 5.79 Å². The lowest BCUT2D eigenvalue weighted by Crippen LogP contribution is -2.48. The fraction of sp³-hybridized carbons (Fsp3) is 0.214. The van der Waals surface area contributed by atoms with Gasteiger partial charge in [0.2, 0.25) is 0 Å². The maximum atomic E-state index is 13.1. The number of halogens is 1. The molecule has 2 heterocycles. The first kappa shape index (κ1) is 23.0. The molecule has 178 valence electrons. The van der Waals surface area contributed by atoms with E-state index in [0.717, 1.165) is 27.6 Å². The van der Waals surface area contributed by atoms with Gasteiger partial charge in [-0.1, -0.05) is 60.1 Å². The summed E-state index contributed by atoms with van der Waals surface area (Å²) in [4.78, 5) is 29.3. The fourth-order valence-electron chi connectivity index (χ4n) is 4.45. The van der Waals surface area contributed by atoms with E-state index in [1.807, 2.05) is 79.0 Å². The number of ether oxygens (including phenoxy) is 3. The summed E-state index contributed by atoms with van der Waals surface area (Å²) < 4.78 is 16.8. The highest BCUT2D eigenvalue weighted by Gasteiger charge is 2.48. The number of para-hydroxylation sites is 1. The molecule has 3 aromatic carbocycles. The molecule has 5 rings (SSSR count). The van der Waals surface area contributed by atoms with E-state index < -0.39 is 29.6 Å². The van der Waals surface area contributed by atoms with E-state index in [2.05, 4.69) is 4.98 Å². The molecule has 0 bridgehead atoms. The normalized spacial score (nSPS) is 16.5. The number of nitrogens with one attached hydrogen (secondary N) is 1. The van der Waals surface area contributed by atoms with Gasteiger partial charge in [-0.05, 0) is 35.4 Å². The van der Waals surface area contributed by atoms with Crippen molar-refractivity contribution < 1.29 is 23.8 Å². The summed E-state index contributed by atoms with van der Waals surface area (Å²) in [5.74, 6) is -3.63. The van der Waals surface area contributed by atoms with E-state index in [1.165, 1.54) is 0 Å². The number of hydrogen-bond acceptors (Lipinski definition) is 5. The Morgan fingerprint density at radius 2 is 1.60 bits per heavy atom. The molecule has 0 aliphatic carbocycles. The Hall–Kier alpha value is -3.77. The molecule has 0 radical (unpaired) electrons. The molecule has 0 saturated carbocycles. The van der Waals surface area contributed by atoms with Crippen molar-refractivity contribution in [2.75, 3.05) is 0 Å². The first-order chi connectivity index (χ1) is 16.8. The Morgan fingerprint density at radius 1 is 0.943 bits per heavy atom. The van der Waals surface area contributed by atoms with E-state index in [-0.39, 0.29) is 0 Å². The standard InChI is InChI=1S/C28H24ClNO5/c1-28(2)34-26(31)25(27(32)35-28)24(21-15-30-23-10-6-4-8-20(21)23)17-11-13-19(14-12-17)33-16-18-7-3-5-9-22(18)29/h3-15,24-25,30H,16H2,1-2H3/t24-/m0/s1. The van der Waals surface area contributed by atoms with Crippen LogP contribution in [0.1, 0.15) is 36.5 Å². The summed E-state index contributed by atoms with van der Waals surface area (Å²) in [6.45, 7) is 3.41. The largest absolute Gasteiger partial charge is 0.489 e. The van der Waals surface area contributed by atoms with Crippen molar-refractivity contribution in [3.8, 4) is 5.75 Å². The minimum atomic E-state index is -1.30. The number of fused-ring (bicyclic) bond motifs is 1. The summed E-state index contributed by atoms with van der Waals surface area (Å²) in [5.41, 5.74) is 3.36. The van der Waals surface area contributed by atoms with Crippen molar-refractivity contribution in [3.05, 3.63) is 101 Å². The van der Waals surface area contributed by atoms with Crippen LogP contribution in [0.25, 0.3) is 10.9 Å². The first-order valence-electron chi connectivity index (χ1n) is 11.3. The third-order valence-electron chi connectivity index (χ3n) is 6.08. The monoisotopic (exact) mass is 489 g/mol. The SMILES string of the molecule is CC1(C)OC(=O)C([C@@H](c2ccc(OCc3ccccc3Cl)cc2)c2c[nH]c3ccccc23)C(=O)O1. The quantitative estimate of drug-likeness (QED) is 0.266. The lowest BCUT2D eigenvalue weighted by atomic mass is 9.80. The molecule has 1 aliphatic rings. The van der Waals surface area contributed by atoms with Crippen LogP contribution in [0.15, 0.2) is 79.0 Å². The Balaban J connectivity index is 1.49. The fourth-order valence-corrected chi connectivity index (χ4v) is 4.64. The number of aromatic nitrogens is 1. The van der Waals surface area contributed by atoms with Gasteiger partial charge in [-0.15, -0.1) is 0 Å². The Kier molecular flexibility index (Phi) is 5.99. The summed E-state index contributed by atoms with van der Waals surface area (Å²) in [5, 5.41) is 1.56. The summed E-state index contributed by atoms with van der Waals surface area (Å²) in [7, 11) is 0. The molecule has 0 amide bonds. The van der Waals surface area contributed by atoms with Gasteiger partial charge in [-0.2, -0.15) is 0 Å². The van der Waals surface area contributed by atoms with Crippen molar-refractivity contribution in [2.45, 2.75) is 32.2 Å². The Morgan fingerprint density at radius 3 is 2.31 bits per heavy atom. The van der Waals surface area contributed by atoms with Gasteiger partial charge in [0.15, 0.2) is 5.92 Å². The minimum Gasteiger partial charge on any atom is -0.489 e. The number of rotatable bonds is 6. The topological polar surface area (TPSA) is 77.6 Å². The third-order valence-corrected chi connectivity index (χ3v) is 6.45. The summed E-state index contributed by atoms with van der Waals surface area (Å²) in [6.07, 6.45) is 1.83. The van der Waals surface area contributed by atoms with Gasteiger partial charge >= 0.3 is 11.9 Å². The number of H-pyrrole nitrogens is 1. The zero-order valence-corrected chi connectivity index (χ0v) is 20.0. The van der Waals surface area contributed by atoms with Crippen LogP contribution >= 0.6 is 11.6 Å². The molecule has 1 aliphatic heterocycles. The van der Waals surface area contributed by atoms with E-state index in [1.54, 1.807) is 13.8 Å². The van der Waals surface area contributed by atoms with Crippen molar-refractivity contribution in [1.29, 1.82) is 0 Å². The average molecular weight is 490 g/mol. The summed E-state index contributed by atoms with van der Waals surface area (Å²) in [6, 6.07) is 22.6. The predicted molar refractivity (Wildman–Crippen MR) is 132 cm³/mol. The van der Waals surface area contributed by atoms with Gasteiger partial charge in [-0.25, -0.2) is 0 Å². The average Bonchev–Trinajstić information content (AvgIpc) is 3.24. The molecule has 7 heteroatoms. The van der Waals surface area contributed by atoms with Gasteiger partial charge in [0, 0.05) is 47.5 Å². The van der Waals surface area contributed by atoms with Crippen molar-refractivity contribution in [2.24, 2.45) is 5.92 Å². The molecule has 6 nitrogen and oxygen atoms in total. The van der Waals surface area contributed by atoms with Crippen molar-refractivity contribution in [1.82, 2.24) is 4.98 Å². The second kappa shape index (κ2) is 9.12. The van der Waals surface area contributed by atoms with E-state index >= 15 is 0 Å². The first-order valence-corrected chi connectivity index (χ1v) is 11.7. The van der Waals surface area contributed by atoms with Crippen LogP contribution in [0.2, 0.25) is 5.02 Å². The molecule has 1 fully saturated rings. The van der Waals surface area contributed by atoms with E-state index in [4.69, 9.17) is 25.8 Å². The minimum absolute atomic E-state index is 0.321. The Bertz CT molecular complexity index is 1370. The number of cyclic esters (lactones) is 2. The molecule has 0 unspecified atom stereocenters. The molecule has 4 aromatic rings. The lowest BCUT2D eigenvalue weighted by Gasteiger charge is -2.36. The van der Waals surface area contributed by atoms with Crippen LogP contribution in [0.4, 0.5) is 0 Å². The molecule has 1 N–H and O–H groups in total. The zero-order chi connectivity index (χ0) is 24.6. The molecular weight excluding hydrogens is 466 g/mol. The van der Waals surface area contributed by atoms with Crippen molar-refractivity contribution in [3.63, 3.8) is 0 Å². The van der Waals surface area contributed by atoms with Gasteiger partial charge in [-0.3, -0.25) is 9.59 Å². The maximum absolute atomic E-state index is 13.1. The number of hydrogen-bond donors (Lipinski definition) is 1. The Labute approximate surface area is 207 Å². The third kappa shape index (κ3) is 4.62. The predicted octanol–water partition coefficient (Wildman–Crippen LogP) is 5.98. The van der Waals surface area contributed by atoms with Gasteiger partial charge < -0.3 is 19.2 Å². The molecule has 35 heavy (non-hydrogen) atoms. The highest BCUT2D eigenvalue weighted by Crippen LogP contribution is 2.41. The molecule has 0 spiro atoms. The highest BCUT2D eigenvalue weighted by molar-refractivity contribution is 6.31. The smallest absolute Gasteiger partial charge is 0.324 e. The second-order valence-corrected chi connectivity index (χ2v) is 9.34. The van der Waals surface area contributed by atoms with Crippen molar-refractivity contribution >= 4 is 34.4 Å². The number of esters is 2. The number of benzene rings is 3. The highest BCUT2D eigenvalue weighted by atomic mass is 35.5. The van der Waals surface area contributed by atoms with E-state index in [0.29, 0.717) is 17.4 Å². The number of aromatic amines is 1. The van der Waals surface area contributed by atoms with Crippen LogP contribution in [-0.4, -0.2) is 22.7 Å². The summed E-state index contributed by atoms with van der Waals surface area (Å²) >= 11 is 6.22. The van der Waals surface area contributed by atoms with Gasteiger partial charge in [0.05, 0.1) is 0 Å².